The SMILES string of the molecule is c1ccc(C2(c3ccccc3)c3ccc4c(c3-c3cc[nH]c32)c2ccccc2n4-c2ccc(-c3ccc(-n4c5cccnc5c5ncccc54)cc3)cc2)cc1. The molecule has 1 N–H and O–H groups in total. The highest BCUT2D eigenvalue weighted by Crippen LogP contribution is 2.58. The molecule has 0 radical (unpaired) electrons. The third-order valence-electron chi connectivity index (χ3n) is 11.9. The number of nitrogens with one attached hydrogen (secondary N) is 1. The molecule has 5 nitrogen and oxygen atoms in total. The first kappa shape index (κ1) is 30.9. The highest BCUT2D eigenvalue weighted by atomic mass is 15.0. The zero-order valence-corrected chi connectivity index (χ0v) is 30.3. The number of H-pyrrole nitrogens is 1. The van der Waals surface area contributed by atoms with Crippen molar-refractivity contribution in [3.05, 3.63) is 217 Å². The van der Waals surface area contributed by atoms with Crippen LogP contribution in [0.25, 0.3) is 77.5 Å². The van der Waals surface area contributed by atoms with Gasteiger partial charge >= 0.3 is 0 Å². The molecule has 262 valence electrons. The molecule has 1 aliphatic rings. The van der Waals surface area contributed by atoms with Gasteiger partial charge in [-0.1, -0.05) is 109 Å². The summed E-state index contributed by atoms with van der Waals surface area (Å²) in [5.74, 6) is 0. The van der Waals surface area contributed by atoms with Crippen molar-refractivity contribution in [1.29, 1.82) is 0 Å². The Bertz CT molecular complexity index is 3190. The molecule has 0 amide bonds. The Hall–Kier alpha value is -7.50. The van der Waals surface area contributed by atoms with Crippen LogP contribution in [0.3, 0.4) is 0 Å². The summed E-state index contributed by atoms with van der Waals surface area (Å²) in [6.45, 7) is 0. The van der Waals surface area contributed by atoms with E-state index in [1.807, 2.05) is 24.5 Å². The molecule has 6 aromatic carbocycles. The summed E-state index contributed by atoms with van der Waals surface area (Å²) < 4.78 is 4.68. The molecule has 0 aliphatic heterocycles. The molecule has 0 bridgehead atoms. The van der Waals surface area contributed by atoms with Gasteiger partial charge in [0, 0.05) is 52.0 Å². The first-order valence-electron chi connectivity index (χ1n) is 19.1. The highest BCUT2D eigenvalue weighted by Gasteiger charge is 2.48. The molecule has 0 spiro atoms. The molecule has 0 unspecified atom stereocenters. The number of hydrogen-bond acceptors (Lipinski definition) is 2. The Morgan fingerprint density at radius 3 is 1.59 bits per heavy atom. The Labute approximate surface area is 322 Å². The lowest BCUT2D eigenvalue weighted by Crippen LogP contribution is -2.29. The van der Waals surface area contributed by atoms with Crippen molar-refractivity contribution < 1.29 is 0 Å². The summed E-state index contributed by atoms with van der Waals surface area (Å²) in [6.07, 6.45) is 5.77. The zero-order valence-electron chi connectivity index (χ0n) is 30.3. The van der Waals surface area contributed by atoms with E-state index < -0.39 is 5.41 Å². The van der Waals surface area contributed by atoms with Crippen LogP contribution in [-0.2, 0) is 5.41 Å². The predicted octanol–water partition coefficient (Wildman–Crippen LogP) is 12.0. The molecule has 5 aromatic heterocycles. The van der Waals surface area contributed by atoms with E-state index in [1.165, 1.54) is 60.9 Å². The zero-order chi connectivity index (χ0) is 36.8. The fraction of sp³-hybridized carbons (Fsp3) is 0.0196. The smallest absolute Gasteiger partial charge is 0.115 e. The fourth-order valence-corrected chi connectivity index (χ4v) is 9.63. The Morgan fingerprint density at radius 1 is 0.446 bits per heavy atom. The van der Waals surface area contributed by atoms with Crippen molar-refractivity contribution in [1.82, 2.24) is 24.1 Å². The van der Waals surface area contributed by atoms with Crippen molar-refractivity contribution in [2.24, 2.45) is 0 Å². The van der Waals surface area contributed by atoms with Gasteiger partial charge in [0.2, 0.25) is 0 Å². The van der Waals surface area contributed by atoms with E-state index in [2.05, 4.69) is 194 Å². The van der Waals surface area contributed by atoms with Crippen molar-refractivity contribution in [3.63, 3.8) is 0 Å². The number of aromatic amines is 1. The van der Waals surface area contributed by atoms with Crippen LogP contribution >= 0.6 is 0 Å². The van der Waals surface area contributed by atoms with Crippen LogP contribution < -0.4 is 0 Å². The van der Waals surface area contributed by atoms with Gasteiger partial charge in [-0.15, -0.1) is 0 Å². The first-order chi connectivity index (χ1) is 27.8. The number of fused-ring (bicyclic) bond motifs is 10. The van der Waals surface area contributed by atoms with E-state index in [0.717, 1.165) is 39.0 Å². The van der Waals surface area contributed by atoms with Crippen LogP contribution in [0.1, 0.15) is 22.4 Å². The van der Waals surface area contributed by atoms with Gasteiger partial charge in [0.1, 0.15) is 11.0 Å². The van der Waals surface area contributed by atoms with Gasteiger partial charge < -0.3 is 14.1 Å². The second-order valence-electron chi connectivity index (χ2n) is 14.7. The van der Waals surface area contributed by atoms with Crippen LogP contribution in [0.15, 0.2) is 195 Å². The minimum atomic E-state index is -0.472. The number of rotatable bonds is 5. The lowest BCUT2D eigenvalue weighted by atomic mass is 9.69. The second-order valence-corrected chi connectivity index (χ2v) is 14.7. The third-order valence-corrected chi connectivity index (χ3v) is 11.9. The Balaban J connectivity index is 0.997. The van der Waals surface area contributed by atoms with Crippen LogP contribution in [-0.4, -0.2) is 24.1 Å². The van der Waals surface area contributed by atoms with Crippen molar-refractivity contribution in [2.75, 3.05) is 0 Å². The van der Waals surface area contributed by atoms with E-state index >= 15 is 0 Å². The molecule has 0 atom stereocenters. The molecule has 11 aromatic rings. The molecule has 0 saturated carbocycles. The summed E-state index contributed by atoms with van der Waals surface area (Å²) in [5, 5.41) is 2.53. The maximum absolute atomic E-state index is 4.66. The maximum Gasteiger partial charge on any atom is 0.115 e. The number of hydrogen-bond donors (Lipinski definition) is 1. The minimum absolute atomic E-state index is 0.472. The predicted molar refractivity (Wildman–Crippen MR) is 228 cm³/mol. The van der Waals surface area contributed by atoms with Crippen molar-refractivity contribution in [3.8, 4) is 33.6 Å². The lowest BCUT2D eigenvalue weighted by Gasteiger charge is -2.32. The van der Waals surface area contributed by atoms with Gasteiger partial charge in [0.15, 0.2) is 0 Å². The topological polar surface area (TPSA) is 51.4 Å². The summed E-state index contributed by atoms with van der Waals surface area (Å²) in [4.78, 5) is 13.1. The Kier molecular flexibility index (Phi) is 6.48. The average Bonchev–Trinajstić information content (AvgIpc) is 4.03. The summed E-state index contributed by atoms with van der Waals surface area (Å²) in [7, 11) is 0. The van der Waals surface area contributed by atoms with Crippen molar-refractivity contribution in [2.45, 2.75) is 5.41 Å². The van der Waals surface area contributed by atoms with Gasteiger partial charge in [0.05, 0.1) is 27.5 Å². The standard InChI is InChI=1S/C51H33N5/c1-3-11-35(12-4-1)51(36-13-5-2-6-14-36)41-27-28-43-47(46(41)40-29-32-54-50(40)51)39-15-7-8-16-42(39)55(43)37-23-19-33(20-24-37)34-21-25-38(26-22-34)56-44-17-9-30-52-48(44)49-45(56)18-10-31-53-49/h1-32,54H. The van der Waals surface area contributed by atoms with Gasteiger partial charge in [0.25, 0.3) is 0 Å². The molecule has 1 aliphatic carbocycles. The molecule has 5 heteroatoms. The van der Waals surface area contributed by atoms with Gasteiger partial charge in [-0.25, -0.2) is 0 Å². The quantitative estimate of drug-likeness (QED) is 0.193. The Morgan fingerprint density at radius 2 is 0.982 bits per heavy atom. The molecule has 12 rings (SSSR count). The fourth-order valence-electron chi connectivity index (χ4n) is 9.63. The van der Waals surface area contributed by atoms with Crippen molar-refractivity contribution >= 4 is 43.9 Å². The third kappa shape index (κ3) is 4.14. The molecule has 0 saturated heterocycles. The number of para-hydroxylation sites is 1. The second kappa shape index (κ2) is 11.7. The van der Waals surface area contributed by atoms with E-state index in [-0.39, 0.29) is 0 Å². The van der Waals surface area contributed by atoms with Gasteiger partial charge in [-0.05, 0) is 100 Å². The highest BCUT2D eigenvalue weighted by molar-refractivity contribution is 6.18. The average molecular weight is 716 g/mol. The molecular weight excluding hydrogens is 683 g/mol. The van der Waals surface area contributed by atoms with E-state index in [0.29, 0.717) is 0 Å². The van der Waals surface area contributed by atoms with E-state index in [4.69, 9.17) is 0 Å². The van der Waals surface area contributed by atoms with Crippen LogP contribution in [0.4, 0.5) is 0 Å². The molecular formula is C51H33N5. The van der Waals surface area contributed by atoms with E-state index in [9.17, 15) is 0 Å². The van der Waals surface area contributed by atoms with E-state index in [1.54, 1.807) is 0 Å². The normalized spacial score (nSPS) is 13.1. The van der Waals surface area contributed by atoms with Crippen LogP contribution in [0.2, 0.25) is 0 Å². The molecule has 56 heavy (non-hydrogen) atoms. The van der Waals surface area contributed by atoms with Crippen LogP contribution in [0.5, 0.6) is 0 Å². The van der Waals surface area contributed by atoms with Gasteiger partial charge in [-0.3, -0.25) is 9.97 Å². The largest absolute Gasteiger partial charge is 0.363 e. The number of aromatic nitrogens is 5. The van der Waals surface area contributed by atoms with Gasteiger partial charge in [-0.2, -0.15) is 0 Å². The number of nitrogens with zero attached hydrogens (tertiary/aromatic N) is 4. The summed E-state index contributed by atoms with van der Waals surface area (Å²) in [5.41, 5.74) is 18.0. The lowest BCUT2D eigenvalue weighted by molar-refractivity contribution is 0.743. The van der Waals surface area contributed by atoms with Crippen LogP contribution in [0, 0.1) is 0 Å². The summed E-state index contributed by atoms with van der Waals surface area (Å²) in [6, 6.07) is 63.7. The number of pyridine rings is 2. The molecule has 0 fully saturated rings. The monoisotopic (exact) mass is 715 g/mol. The number of benzene rings is 6. The minimum Gasteiger partial charge on any atom is -0.363 e. The maximum atomic E-state index is 4.66. The first-order valence-corrected chi connectivity index (χ1v) is 19.1. The molecule has 5 heterocycles. The summed E-state index contributed by atoms with van der Waals surface area (Å²) >= 11 is 0.